The first-order valence-corrected chi connectivity index (χ1v) is 6.78. The van der Waals surface area contributed by atoms with Gasteiger partial charge in [0.15, 0.2) is 0 Å². The minimum Gasteiger partial charge on any atom is -0.398 e. The number of hydrogen-bond donors (Lipinski definition) is 1. The van der Waals surface area contributed by atoms with Crippen molar-refractivity contribution in [1.82, 2.24) is 4.90 Å². The highest BCUT2D eigenvalue weighted by Crippen LogP contribution is 2.25. The Kier molecular flexibility index (Phi) is 3.72. The maximum atomic E-state index is 12.3. The van der Waals surface area contributed by atoms with Crippen LogP contribution in [0.2, 0.25) is 0 Å². The molecule has 0 bridgehead atoms. The van der Waals surface area contributed by atoms with E-state index in [9.17, 15) is 4.79 Å². The molecule has 1 aromatic carbocycles. The van der Waals surface area contributed by atoms with Gasteiger partial charge in [0.25, 0.3) is 5.91 Å². The molecule has 3 nitrogen and oxygen atoms in total. The zero-order valence-electron chi connectivity index (χ0n) is 9.95. The third-order valence-electron chi connectivity index (χ3n) is 3.36. The monoisotopic (exact) mass is 296 g/mol. The summed E-state index contributed by atoms with van der Waals surface area (Å²) in [4.78, 5) is 14.3. The molecular formula is C13H17BrN2O. The van der Waals surface area contributed by atoms with Gasteiger partial charge in [0, 0.05) is 28.3 Å². The molecule has 0 radical (unpaired) electrons. The Morgan fingerprint density at radius 2 is 2.35 bits per heavy atom. The van der Waals surface area contributed by atoms with Crippen LogP contribution in [-0.2, 0) is 0 Å². The molecule has 1 unspecified atom stereocenters. The van der Waals surface area contributed by atoms with Gasteiger partial charge in [-0.1, -0.05) is 6.92 Å². The maximum Gasteiger partial charge on any atom is 0.254 e. The normalized spacial score (nSPS) is 19.6. The molecule has 1 aliphatic heterocycles. The van der Waals surface area contributed by atoms with Gasteiger partial charge in [-0.3, -0.25) is 4.79 Å². The SMILES string of the molecule is CCC1CCCN1C(=O)c1ccc(N)c(Br)c1. The zero-order valence-corrected chi connectivity index (χ0v) is 11.5. The Morgan fingerprint density at radius 1 is 1.59 bits per heavy atom. The molecule has 0 saturated carbocycles. The lowest BCUT2D eigenvalue weighted by Gasteiger charge is -2.23. The Bertz CT molecular complexity index is 433. The second-order valence-electron chi connectivity index (χ2n) is 4.44. The largest absolute Gasteiger partial charge is 0.398 e. The number of anilines is 1. The van der Waals surface area contributed by atoms with Gasteiger partial charge in [0.05, 0.1) is 0 Å². The second kappa shape index (κ2) is 5.08. The summed E-state index contributed by atoms with van der Waals surface area (Å²) >= 11 is 3.36. The highest BCUT2D eigenvalue weighted by atomic mass is 79.9. The topological polar surface area (TPSA) is 46.3 Å². The maximum absolute atomic E-state index is 12.3. The lowest BCUT2D eigenvalue weighted by atomic mass is 10.1. The predicted molar refractivity (Wildman–Crippen MR) is 72.9 cm³/mol. The summed E-state index contributed by atoms with van der Waals surface area (Å²) in [5.74, 6) is 0.120. The number of carbonyl (C=O) groups excluding carboxylic acids is 1. The minimum atomic E-state index is 0.120. The molecule has 1 atom stereocenters. The Hall–Kier alpha value is -1.03. The molecule has 2 rings (SSSR count). The number of carbonyl (C=O) groups is 1. The highest BCUT2D eigenvalue weighted by molar-refractivity contribution is 9.10. The quantitative estimate of drug-likeness (QED) is 0.853. The summed E-state index contributed by atoms with van der Waals surface area (Å²) in [6, 6.07) is 5.78. The van der Waals surface area contributed by atoms with Gasteiger partial charge in [-0.25, -0.2) is 0 Å². The van der Waals surface area contributed by atoms with Crippen LogP contribution in [0.5, 0.6) is 0 Å². The lowest BCUT2D eigenvalue weighted by molar-refractivity contribution is 0.0733. The van der Waals surface area contributed by atoms with Crippen molar-refractivity contribution in [3.63, 3.8) is 0 Å². The van der Waals surface area contributed by atoms with Crippen molar-refractivity contribution in [2.45, 2.75) is 32.2 Å². The molecule has 1 amide bonds. The fourth-order valence-corrected chi connectivity index (χ4v) is 2.73. The van der Waals surface area contributed by atoms with Crippen LogP contribution in [0, 0.1) is 0 Å². The molecule has 0 aromatic heterocycles. The van der Waals surface area contributed by atoms with E-state index in [0.29, 0.717) is 17.3 Å². The van der Waals surface area contributed by atoms with E-state index >= 15 is 0 Å². The first-order chi connectivity index (χ1) is 8.13. The molecule has 0 spiro atoms. The molecule has 92 valence electrons. The molecule has 17 heavy (non-hydrogen) atoms. The number of hydrogen-bond acceptors (Lipinski definition) is 2. The number of rotatable bonds is 2. The van der Waals surface area contributed by atoms with E-state index in [-0.39, 0.29) is 5.91 Å². The fourth-order valence-electron chi connectivity index (χ4n) is 2.35. The van der Waals surface area contributed by atoms with E-state index in [1.54, 1.807) is 12.1 Å². The van der Waals surface area contributed by atoms with Crippen LogP contribution in [0.1, 0.15) is 36.5 Å². The molecule has 4 heteroatoms. The van der Waals surface area contributed by atoms with E-state index in [1.807, 2.05) is 11.0 Å². The van der Waals surface area contributed by atoms with Crippen LogP contribution < -0.4 is 5.73 Å². The fraction of sp³-hybridized carbons (Fsp3) is 0.462. The number of benzene rings is 1. The summed E-state index contributed by atoms with van der Waals surface area (Å²) in [7, 11) is 0. The summed E-state index contributed by atoms with van der Waals surface area (Å²) in [5.41, 5.74) is 7.10. The van der Waals surface area contributed by atoms with Gasteiger partial charge in [-0.15, -0.1) is 0 Å². The summed E-state index contributed by atoms with van der Waals surface area (Å²) < 4.78 is 0.788. The van der Waals surface area contributed by atoms with Crippen molar-refractivity contribution >= 4 is 27.5 Å². The second-order valence-corrected chi connectivity index (χ2v) is 5.29. The predicted octanol–water partition coefficient (Wildman–Crippen LogP) is 3.05. The Morgan fingerprint density at radius 3 is 3.00 bits per heavy atom. The average molecular weight is 297 g/mol. The van der Waals surface area contributed by atoms with Crippen LogP contribution >= 0.6 is 15.9 Å². The van der Waals surface area contributed by atoms with Crippen molar-refractivity contribution in [3.8, 4) is 0 Å². The van der Waals surface area contributed by atoms with E-state index in [2.05, 4.69) is 22.9 Å². The highest BCUT2D eigenvalue weighted by Gasteiger charge is 2.27. The minimum absolute atomic E-state index is 0.120. The number of likely N-dealkylation sites (tertiary alicyclic amines) is 1. The van der Waals surface area contributed by atoms with E-state index in [4.69, 9.17) is 5.73 Å². The molecule has 1 fully saturated rings. The summed E-state index contributed by atoms with van der Waals surface area (Å²) in [6.45, 7) is 3.01. The molecule has 0 aliphatic carbocycles. The van der Waals surface area contributed by atoms with Crippen molar-refractivity contribution in [1.29, 1.82) is 0 Å². The summed E-state index contributed by atoms with van der Waals surface area (Å²) in [6.07, 6.45) is 3.26. The van der Waals surface area contributed by atoms with Crippen molar-refractivity contribution < 1.29 is 4.79 Å². The van der Waals surface area contributed by atoms with Crippen molar-refractivity contribution in [3.05, 3.63) is 28.2 Å². The van der Waals surface area contributed by atoms with Crippen LogP contribution in [0.4, 0.5) is 5.69 Å². The van der Waals surface area contributed by atoms with Crippen LogP contribution in [0.25, 0.3) is 0 Å². The Balaban J connectivity index is 2.21. The van der Waals surface area contributed by atoms with Gasteiger partial charge in [0.1, 0.15) is 0 Å². The zero-order chi connectivity index (χ0) is 12.4. The summed E-state index contributed by atoms with van der Waals surface area (Å²) in [5, 5.41) is 0. The van der Waals surface area contributed by atoms with Crippen molar-refractivity contribution in [2.75, 3.05) is 12.3 Å². The third kappa shape index (κ3) is 2.46. The smallest absolute Gasteiger partial charge is 0.254 e. The van der Waals surface area contributed by atoms with Gasteiger partial charge in [0.2, 0.25) is 0 Å². The van der Waals surface area contributed by atoms with Crippen LogP contribution in [0.15, 0.2) is 22.7 Å². The van der Waals surface area contributed by atoms with Gasteiger partial charge < -0.3 is 10.6 Å². The van der Waals surface area contributed by atoms with E-state index in [0.717, 1.165) is 30.3 Å². The Labute approximate surface area is 110 Å². The standard InChI is InChI=1S/C13H17BrN2O/c1-2-10-4-3-7-16(10)13(17)9-5-6-12(15)11(14)8-9/h5-6,8,10H,2-4,7,15H2,1H3. The molecule has 1 heterocycles. The third-order valence-corrected chi connectivity index (χ3v) is 4.04. The molecule has 1 aliphatic rings. The first-order valence-electron chi connectivity index (χ1n) is 5.99. The number of nitrogen functional groups attached to an aromatic ring is 1. The van der Waals surface area contributed by atoms with Gasteiger partial charge in [-0.05, 0) is 53.4 Å². The van der Waals surface area contributed by atoms with Crippen LogP contribution in [0.3, 0.4) is 0 Å². The lowest BCUT2D eigenvalue weighted by Crippen LogP contribution is -2.35. The van der Waals surface area contributed by atoms with Gasteiger partial charge in [-0.2, -0.15) is 0 Å². The van der Waals surface area contributed by atoms with E-state index in [1.165, 1.54) is 0 Å². The molecule has 2 N–H and O–H groups in total. The number of halogens is 1. The number of nitrogens with two attached hydrogens (primary N) is 1. The average Bonchev–Trinajstić information content (AvgIpc) is 2.80. The molecule has 1 aromatic rings. The molecular weight excluding hydrogens is 280 g/mol. The number of amides is 1. The van der Waals surface area contributed by atoms with Gasteiger partial charge >= 0.3 is 0 Å². The number of nitrogens with zero attached hydrogens (tertiary/aromatic N) is 1. The molecule has 1 saturated heterocycles. The first kappa shape index (κ1) is 12.4. The van der Waals surface area contributed by atoms with Crippen LogP contribution in [-0.4, -0.2) is 23.4 Å². The van der Waals surface area contributed by atoms with E-state index < -0.39 is 0 Å². The van der Waals surface area contributed by atoms with Crippen molar-refractivity contribution in [2.24, 2.45) is 0 Å².